The van der Waals surface area contributed by atoms with Crippen molar-refractivity contribution in [2.75, 3.05) is 13.1 Å². The SMILES string of the molecule is N#CC1CC2(CCCNC2)C1. The Hall–Kier alpha value is -0.550. The fourth-order valence-electron chi connectivity index (χ4n) is 2.46. The lowest BCUT2D eigenvalue weighted by Crippen LogP contribution is -2.48. The molecule has 0 aromatic rings. The predicted octanol–water partition coefficient (Wildman–Crippen LogP) is 1.29. The quantitative estimate of drug-likeness (QED) is 0.564. The third-order valence-electron chi connectivity index (χ3n) is 3.10. The highest BCUT2D eigenvalue weighted by molar-refractivity contribution is 5.04. The smallest absolute Gasteiger partial charge is 0.0656 e. The van der Waals surface area contributed by atoms with Crippen LogP contribution >= 0.6 is 0 Å². The molecule has 60 valence electrons. The van der Waals surface area contributed by atoms with E-state index in [2.05, 4.69) is 11.4 Å². The molecule has 0 aromatic carbocycles. The van der Waals surface area contributed by atoms with Crippen LogP contribution in [0.2, 0.25) is 0 Å². The molecule has 0 aromatic heterocycles. The molecule has 2 aliphatic rings. The topological polar surface area (TPSA) is 35.8 Å². The van der Waals surface area contributed by atoms with Gasteiger partial charge in [-0.25, -0.2) is 0 Å². The molecule has 2 nitrogen and oxygen atoms in total. The van der Waals surface area contributed by atoms with E-state index in [9.17, 15) is 0 Å². The van der Waals surface area contributed by atoms with E-state index in [0.717, 1.165) is 19.4 Å². The largest absolute Gasteiger partial charge is 0.316 e. The maximum absolute atomic E-state index is 8.63. The van der Waals surface area contributed by atoms with Gasteiger partial charge in [0.2, 0.25) is 0 Å². The molecule has 0 bridgehead atoms. The average Bonchev–Trinajstić information content (AvgIpc) is 2.01. The number of nitriles is 1. The highest BCUT2D eigenvalue weighted by Gasteiger charge is 2.44. The summed E-state index contributed by atoms with van der Waals surface area (Å²) in [6.07, 6.45) is 4.95. The second-order valence-corrected chi connectivity index (χ2v) is 4.01. The number of piperidine rings is 1. The maximum atomic E-state index is 8.63. The molecule has 1 heterocycles. The third-order valence-corrected chi connectivity index (χ3v) is 3.10. The fraction of sp³-hybridized carbons (Fsp3) is 0.889. The molecule has 0 unspecified atom stereocenters. The number of nitrogens with one attached hydrogen (secondary N) is 1. The Bertz CT molecular complexity index is 178. The first-order chi connectivity index (χ1) is 5.35. The summed E-state index contributed by atoms with van der Waals surface area (Å²) in [6.45, 7) is 2.34. The van der Waals surface area contributed by atoms with Gasteiger partial charge < -0.3 is 5.32 Å². The van der Waals surface area contributed by atoms with Gasteiger partial charge in [-0.05, 0) is 37.6 Å². The van der Waals surface area contributed by atoms with E-state index >= 15 is 0 Å². The van der Waals surface area contributed by atoms with Gasteiger partial charge in [-0.2, -0.15) is 5.26 Å². The van der Waals surface area contributed by atoms with Gasteiger partial charge in [0.15, 0.2) is 0 Å². The highest BCUT2D eigenvalue weighted by atomic mass is 14.9. The Morgan fingerprint density at radius 1 is 1.45 bits per heavy atom. The van der Waals surface area contributed by atoms with Crippen LogP contribution in [0, 0.1) is 22.7 Å². The zero-order valence-electron chi connectivity index (χ0n) is 6.77. The number of hydrogen-bond acceptors (Lipinski definition) is 2. The minimum Gasteiger partial charge on any atom is -0.316 e. The molecule has 0 atom stereocenters. The van der Waals surface area contributed by atoms with Gasteiger partial charge >= 0.3 is 0 Å². The van der Waals surface area contributed by atoms with Crippen molar-refractivity contribution in [1.29, 1.82) is 5.26 Å². The molecule has 2 heteroatoms. The summed E-state index contributed by atoms with van der Waals surface area (Å²) >= 11 is 0. The van der Waals surface area contributed by atoms with Crippen LogP contribution in [-0.2, 0) is 0 Å². The summed E-state index contributed by atoms with van der Waals surface area (Å²) in [5.74, 6) is 0.370. The Kier molecular flexibility index (Phi) is 1.61. The first kappa shape index (κ1) is 7.12. The summed E-state index contributed by atoms with van der Waals surface area (Å²) in [5, 5.41) is 12.0. The number of rotatable bonds is 0. The standard InChI is InChI=1S/C9H14N2/c10-6-8-4-9(5-8)2-1-3-11-7-9/h8,11H,1-5,7H2. The summed E-state index contributed by atoms with van der Waals surface area (Å²) in [7, 11) is 0. The van der Waals surface area contributed by atoms with Crippen LogP contribution in [0.15, 0.2) is 0 Å². The molecule has 1 aliphatic carbocycles. The Balaban J connectivity index is 1.90. The van der Waals surface area contributed by atoms with E-state index in [4.69, 9.17) is 5.26 Å². The first-order valence-electron chi connectivity index (χ1n) is 4.45. The van der Waals surface area contributed by atoms with Crippen LogP contribution in [0.1, 0.15) is 25.7 Å². The van der Waals surface area contributed by atoms with Gasteiger partial charge in [-0.3, -0.25) is 0 Å². The summed E-state index contributed by atoms with van der Waals surface area (Å²) in [4.78, 5) is 0. The van der Waals surface area contributed by atoms with E-state index in [0.29, 0.717) is 11.3 Å². The molecule has 0 amide bonds. The Labute approximate surface area is 67.6 Å². The van der Waals surface area contributed by atoms with Crippen LogP contribution < -0.4 is 5.32 Å². The van der Waals surface area contributed by atoms with E-state index in [-0.39, 0.29) is 0 Å². The van der Waals surface area contributed by atoms with Crippen molar-refractivity contribution < 1.29 is 0 Å². The van der Waals surface area contributed by atoms with Gasteiger partial charge in [0.1, 0.15) is 0 Å². The predicted molar refractivity (Wildman–Crippen MR) is 42.9 cm³/mol. The van der Waals surface area contributed by atoms with Gasteiger partial charge in [-0.15, -0.1) is 0 Å². The van der Waals surface area contributed by atoms with Crippen LogP contribution in [0.25, 0.3) is 0 Å². The maximum Gasteiger partial charge on any atom is 0.0656 e. The molecule has 2 rings (SSSR count). The first-order valence-corrected chi connectivity index (χ1v) is 4.45. The van der Waals surface area contributed by atoms with Crippen molar-refractivity contribution >= 4 is 0 Å². The highest BCUT2D eigenvalue weighted by Crippen LogP contribution is 2.49. The second kappa shape index (κ2) is 2.49. The number of nitrogens with zero attached hydrogens (tertiary/aromatic N) is 1. The summed E-state index contributed by atoms with van der Waals surface area (Å²) in [6, 6.07) is 2.35. The Morgan fingerprint density at radius 3 is 2.82 bits per heavy atom. The molecule has 2 fully saturated rings. The molecule has 11 heavy (non-hydrogen) atoms. The number of hydrogen-bond donors (Lipinski definition) is 1. The fourth-order valence-corrected chi connectivity index (χ4v) is 2.46. The van der Waals surface area contributed by atoms with Gasteiger partial charge in [0, 0.05) is 12.5 Å². The molecule has 1 saturated carbocycles. The third kappa shape index (κ3) is 1.14. The van der Waals surface area contributed by atoms with Crippen LogP contribution in [0.5, 0.6) is 0 Å². The van der Waals surface area contributed by atoms with Crippen LogP contribution in [0.4, 0.5) is 0 Å². The summed E-state index contributed by atoms with van der Waals surface area (Å²) in [5.41, 5.74) is 0.540. The monoisotopic (exact) mass is 150 g/mol. The van der Waals surface area contributed by atoms with Crippen molar-refractivity contribution in [2.24, 2.45) is 11.3 Å². The molecule has 0 radical (unpaired) electrons. The van der Waals surface area contributed by atoms with Gasteiger partial charge in [0.25, 0.3) is 0 Å². The zero-order valence-corrected chi connectivity index (χ0v) is 6.77. The molecular weight excluding hydrogens is 136 g/mol. The van der Waals surface area contributed by atoms with Crippen molar-refractivity contribution in [3.63, 3.8) is 0 Å². The minimum absolute atomic E-state index is 0.370. The van der Waals surface area contributed by atoms with Crippen molar-refractivity contribution in [3.05, 3.63) is 0 Å². The lowest BCUT2D eigenvalue weighted by Gasteiger charge is -2.47. The normalized spacial score (nSPS) is 43.0. The van der Waals surface area contributed by atoms with Crippen LogP contribution in [0.3, 0.4) is 0 Å². The van der Waals surface area contributed by atoms with E-state index in [1.165, 1.54) is 19.4 Å². The van der Waals surface area contributed by atoms with Gasteiger partial charge in [0.05, 0.1) is 6.07 Å². The van der Waals surface area contributed by atoms with E-state index in [1.807, 2.05) is 0 Å². The molecule has 1 saturated heterocycles. The molecule has 1 spiro atoms. The van der Waals surface area contributed by atoms with E-state index < -0.39 is 0 Å². The molecule has 1 aliphatic heterocycles. The minimum atomic E-state index is 0.370. The zero-order chi connectivity index (χ0) is 7.73. The summed E-state index contributed by atoms with van der Waals surface area (Å²) < 4.78 is 0. The van der Waals surface area contributed by atoms with Crippen molar-refractivity contribution in [3.8, 4) is 6.07 Å². The van der Waals surface area contributed by atoms with Crippen LogP contribution in [-0.4, -0.2) is 13.1 Å². The molecular formula is C9H14N2. The lowest BCUT2D eigenvalue weighted by atomic mass is 9.59. The average molecular weight is 150 g/mol. The van der Waals surface area contributed by atoms with Crippen molar-refractivity contribution in [2.45, 2.75) is 25.7 Å². The Morgan fingerprint density at radius 2 is 2.27 bits per heavy atom. The lowest BCUT2D eigenvalue weighted by molar-refractivity contribution is 0.0560. The van der Waals surface area contributed by atoms with Gasteiger partial charge in [-0.1, -0.05) is 0 Å². The molecule has 1 N–H and O–H groups in total. The van der Waals surface area contributed by atoms with Crippen molar-refractivity contribution in [1.82, 2.24) is 5.32 Å². The van der Waals surface area contributed by atoms with E-state index in [1.54, 1.807) is 0 Å². The second-order valence-electron chi connectivity index (χ2n) is 4.01.